The van der Waals surface area contributed by atoms with Crippen LogP contribution in [0.3, 0.4) is 0 Å². The number of rotatable bonds is 4. The third kappa shape index (κ3) is 2.69. The van der Waals surface area contributed by atoms with Crippen LogP contribution >= 0.6 is 0 Å². The van der Waals surface area contributed by atoms with Crippen molar-refractivity contribution in [3.05, 3.63) is 0 Å². The summed E-state index contributed by atoms with van der Waals surface area (Å²) in [4.78, 5) is 0. The lowest BCUT2D eigenvalue weighted by molar-refractivity contribution is 0.0467. The maximum absolute atomic E-state index is 10.1. The molecule has 2 aliphatic rings. The average Bonchev–Trinajstić information content (AvgIpc) is 2.77. The molecule has 0 radical (unpaired) electrons. The molecule has 0 bridgehead atoms. The first kappa shape index (κ1) is 10.4. The highest BCUT2D eigenvalue weighted by molar-refractivity contribution is 4.86. The Balaban J connectivity index is 1.61. The number of hydrogen-bond acceptors (Lipinski definition) is 3. The number of hydrogen-bond donors (Lipinski definition) is 2. The molecular weight excluding hydrogens is 178 g/mol. The standard InChI is InChI=1S/C11H21NO2/c13-11(4-1-2-5-11)9-12-7-10-3-6-14-8-10/h10,12-13H,1-9H2. The Morgan fingerprint density at radius 1 is 1.36 bits per heavy atom. The Morgan fingerprint density at radius 2 is 2.14 bits per heavy atom. The highest BCUT2D eigenvalue weighted by Crippen LogP contribution is 2.28. The Labute approximate surface area is 85.8 Å². The molecular formula is C11H21NO2. The van der Waals surface area contributed by atoms with Crippen LogP contribution in [0.1, 0.15) is 32.1 Å². The number of ether oxygens (including phenoxy) is 1. The summed E-state index contributed by atoms with van der Waals surface area (Å²) in [6, 6.07) is 0. The molecule has 82 valence electrons. The summed E-state index contributed by atoms with van der Waals surface area (Å²) in [6.07, 6.45) is 5.49. The van der Waals surface area contributed by atoms with Gasteiger partial charge in [0.15, 0.2) is 0 Å². The topological polar surface area (TPSA) is 41.5 Å². The smallest absolute Gasteiger partial charge is 0.0771 e. The van der Waals surface area contributed by atoms with Crippen molar-refractivity contribution < 1.29 is 9.84 Å². The Hall–Kier alpha value is -0.120. The van der Waals surface area contributed by atoms with E-state index in [-0.39, 0.29) is 0 Å². The van der Waals surface area contributed by atoms with E-state index in [2.05, 4.69) is 5.32 Å². The normalized spacial score (nSPS) is 31.1. The maximum Gasteiger partial charge on any atom is 0.0771 e. The van der Waals surface area contributed by atoms with Gasteiger partial charge in [-0.05, 0) is 25.2 Å². The lowest BCUT2D eigenvalue weighted by Gasteiger charge is -2.23. The Bertz CT molecular complexity index is 172. The van der Waals surface area contributed by atoms with Crippen LogP contribution in [0.2, 0.25) is 0 Å². The van der Waals surface area contributed by atoms with E-state index in [9.17, 15) is 5.11 Å². The van der Waals surface area contributed by atoms with Crippen LogP contribution in [0.25, 0.3) is 0 Å². The van der Waals surface area contributed by atoms with E-state index in [1.165, 1.54) is 19.3 Å². The zero-order chi connectivity index (χ0) is 9.86. The van der Waals surface area contributed by atoms with Gasteiger partial charge in [-0.3, -0.25) is 0 Å². The van der Waals surface area contributed by atoms with Gasteiger partial charge in [0, 0.05) is 19.7 Å². The molecule has 1 atom stereocenters. The fourth-order valence-electron chi connectivity index (χ4n) is 2.46. The van der Waals surface area contributed by atoms with Crippen molar-refractivity contribution in [2.75, 3.05) is 26.3 Å². The van der Waals surface area contributed by atoms with Gasteiger partial charge in [-0.1, -0.05) is 12.8 Å². The lowest BCUT2D eigenvalue weighted by Crippen LogP contribution is -2.39. The summed E-state index contributed by atoms with van der Waals surface area (Å²) < 4.78 is 5.30. The van der Waals surface area contributed by atoms with Gasteiger partial charge in [-0.15, -0.1) is 0 Å². The zero-order valence-electron chi connectivity index (χ0n) is 8.80. The summed E-state index contributed by atoms with van der Waals surface area (Å²) in [5.41, 5.74) is -0.403. The van der Waals surface area contributed by atoms with Crippen LogP contribution in [-0.4, -0.2) is 37.0 Å². The van der Waals surface area contributed by atoms with Gasteiger partial charge in [-0.2, -0.15) is 0 Å². The molecule has 0 aromatic carbocycles. The second kappa shape index (κ2) is 4.60. The summed E-state index contributed by atoms with van der Waals surface area (Å²) in [5.74, 6) is 0.667. The number of aliphatic hydroxyl groups is 1. The van der Waals surface area contributed by atoms with Crippen molar-refractivity contribution in [3.63, 3.8) is 0 Å². The van der Waals surface area contributed by atoms with Gasteiger partial charge in [0.05, 0.1) is 12.2 Å². The highest BCUT2D eigenvalue weighted by Gasteiger charge is 2.30. The van der Waals surface area contributed by atoms with E-state index >= 15 is 0 Å². The molecule has 0 aromatic heterocycles. The summed E-state index contributed by atoms with van der Waals surface area (Å²) in [6.45, 7) is 3.58. The lowest BCUT2D eigenvalue weighted by atomic mass is 10.0. The minimum atomic E-state index is -0.403. The Kier molecular flexibility index (Phi) is 3.42. The van der Waals surface area contributed by atoms with Crippen molar-refractivity contribution in [1.29, 1.82) is 0 Å². The van der Waals surface area contributed by atoms with E-state index in [4.69, 9.17) is 4.74 Å². The van der Waals surface area contributed by atoms with E-state index < -0.39 is 5.60 Å². The fourth-order valence-corrected chi connectivity index (χ4v) is 2.46. The third-order valence-corrected chi connectivity index (χ3v) is 3.45. The van der Waals surface area contributed by atoms with Crippen molar-refractivity contribution in [3.8, 4) is 0 Å². The molecule has 1 saturated heterocycles. The minimum absolute atomic E-state index is 0.403. The average molecular weight is 199 g/mol. The predicted octanol–water partition coefficient (Wildman–Crippen LogP) is 0.918. The molecule has 1 aliphatic heterocycles. The zero-order valence-corrected chi connectivity index (χ0v) is 8.80. The second-order valence-corrected chi connectivity index (χ2v) is 4.79. The SMILES string of the molecule is OC1(CNCC2CCOC2)CCCC1. The molecule has 1 saturated carbocycles. The summed E-state index contributed by atoms with van der Waals surface area (Å²) in [7, 11) is 0. The van der Waals surface area contributed by atoms with Gasteiger partial charge in [0.1, 0.15) is 0 Å². The highest BCUT2D eigenvalue weighted by atomic mass is 16.5. The fraction of sp³-hybridized carbons (Fsp3) is 1.00. The second-order valence-electron chi connectivity index (χ2n) is 4.79. The Morgan fingerprint density at radius 3 is 2.79 bits per heavy atom. The van der Waals surface area contributed by atoms with Gasteiger partial charge in [0.25, 0.3) is 0 Å². The van der Waals surface area contributed by atoms with Crippen LogP contribution in [0.4, 0.5) is 0 Å². The molecule has 0 amide bonds. The van der Waals surface area contributed by atoms with Gasteiger partial charge < -0.3 is 15.2 Å². The van der Waals surface area contributed by atoms with Crippen LogP contribution < -0.4 is 5.32 Å². The molecule has 1 aliphatic carbocycles. The van der Waals surface area contributed by atoms with Crippen molar-refractivity contribution in [2.45, 2.75) is 37.7 Å². The first-order valence-corrected chi connectivity index (χ1v) is 5.79. The molecule has 2 rings (SSSR count). The van der Waals surface area contributed by atoms with Crippen molar-refractivity contribution >= 4 is 0 Å². The van der Waals surface area contributed by atoms with Gasteiger partial charge >= 0.3 is 0 Å². The quantitative estimate of drug-likeness (QED) is 0.707. The minimum Gasteiger partial charge on any atom is -0.389 e. The van der Waals surface area contributed by atoms with Crippen LogP contribution in [-0.2, 0) is 4.74 Å². The van der Waals surface area contributed by atoms with E-state index in [1.807, 2.05) is 0 Å². The molecule has 1 unspecified atom stereocenters. The van der Waals surface area contributed by atoms with Crippen molar-refractivity contribution in [1.82, 2.24) is 5.32 Å². The molecule has 3 nitrogen and oxygen atoms in total. The van der Waals surface area contributed by atoms with Crippen LogP contribution in [0, 0.1) is 5.92 Å². The molecule has 3 heteroatoms. The summed E-state index contributed by atoms with van der Waals surface area (Å²) in [5, 5.41) is 13.5. The largest absolute Gasteiger partial charge is 0.389 e. The first-order chi connectivity index (χ1) is 6.79. The monoisotopic (exact) mass is 199 g/mol. The maximum atomic E-state index is 10.1. The molecule has 0 aromatic rings. The first-order valence-electron chi connectivity index (χ1n) is 5.79. The molecule has 0 spiro atoms. The van der Waals surface area contributed by atoms with Crippen LogP contribution in [0.15, 0.2) is 0 Å². The van der Waals surface area contributed by atoms with Gasteiger partial charge in [-0.25, -0.2) is 0 Å². The number of nitrogens with one attached hydrogen (secondary N) is 1. The van der Waals surface area contributed by atoms with Gasteiger partial charge in [0.2, 0.25) is 0 Å². The van der Waals surface area contributed by atoms with Crippen LogP contribution in [0.5, 0.6) is 0 Å². The molecule has 2 N–H and O–H groups in total. The predicted molar refractivity (Wildman–Crippen MR) is 55.2 cm³/mol. The summed E-state index contributed by atoms with van der Waals surface area (Å²) >= 11 is 0. The van der Waals surface area contributed by atoms with E-state index in [0.717, 1.165) is 39.1 Å². The third-order valence-electron chi connectivity index (χ3n) is 3.45. The molecule has 1 heterocycles. The molecule has 2 fully saturated rings. The van der Waals surface area contributed by atoms with E-state index in [1.54, 1.807) is 0 Å². The van der Waals surface area contributed by atoms with E-state index in [0.29, 0.717) is 5.92 Å². The molecule has 14 heavy (non-hydrogen) atoms. The van der Waals surface area contributed by atoms with Crippen molar-refractivity contribution in [2.24, 2.45) is 5.92 Å².